The van der Waals surface area contributed by atoms with Crippen molar-refractivity contribution in [3.8, 4) is 5.75 Å². The van der Waals surface area contributed by atoms with Crippen molar-refractivity contribution in [1.82, 2.24) is 10.2 Å². The number of phenols is 1. The highest BCUT2D eigenvalue weighted by Crippen LogP contribution is 2.32. The van der Waals surface area contributed by atoms with Crippen LogP contribution in [0.5, 0.6) is 5.75 Å². The van der Waals surface area contributed by atoms with E-state index >= 15 is 0 Å². The lowest BCUT2D eigenvalue weighted by molar-refractivity contribution is -0.132. The zero-order valence-electron chi connectivity index (χ0n) is 14.5. The summed E-state index contributed by atoms with van der Waals surface area (Å²) >= 11 is 0. The Labute approximate surface area is 142 Å². The first kappa shape index (κ1) is 18.1. The molecule has 1 saturated heterocycles. The quantitative estimate of drug-likeness (QED) is 0.887. The Morgan fingerprint density at radius 1 is 1.29 bits per heavy atom. The van der Waals surface area contributed by atoms with E-state index < -0.39 is 11.7 Å². The minimum atomic E-state index is -0.549. The lowest BCUT2D eigenvalue weighted by atomic mass is 10.0. The molecule has 2 amide bonds. The van der Waals surface area contributed by atoms with Gasteiger partial charge < -0.3 is 20.1 Å². The summed E-state index contributed by atoms with van der Waals surface area (Å²) < 4.78 is 5.15. The predicted molar refractivity (Wildman–Crippen MR) is 90.6 cm³/mol. The third-order valence-corrected chi connectivity index (χ3v) is 3.86. The molecule has 0 spiro atoms. The number of rotatable bonds is 4. The number of aromatic hydroxyl groups is 1. The summed E-state index contributed by atoms with van der Waals surface area (Å²) in [4.78, 5) is 25.9. The Morgan fingerprint density at radius 3 is 2.58 bits per heavy atom. The van der Waals surface area contributed by atoms with Gasteiger partial charge in [-0.3, -0.25) is 4.79 Å². The fourth-order valence-electron chi connectivity index (χ4n) is 2.84. The van der Waals surface area contributed by atoms with Gasteiger partial charge in [-0.2, -0.15) is 0 Å². The highest BCUT2D eigenvalue weighted by atomic mass is 16.6. The Morgan fingerprint density at radius 2 is 1.96 bits per heavy atom. The fraction of sp³-hybridized carbons (Fsp3) is 0.556. The maximum atomic E-state index is 12.4. The van der Waals surface area contributed by atoms with Gasteiger partial charge in [-0.25, -0.2) is 4.79 Å². The molecule has 0 radical (unpaired) electrons. The Bertz CT molecular complexity index is 578. The molecule has 2 rings (SSSR count). The van der Waals surface area contributed by atoms with Gasteiger partial charge in [0.05, 0.1) is 6.04 Å². The van der Waals surface area contributed by atoms with E-state index in [9.17, 15) is 14.7 Å². The van der Waals surface area contributed by atoms with E-state index in [4.69, 9.17) is 4.74 Å². The average molecular weight is 334 g/mol. The molecule has 0 unspecified atom stereocenters. The summed E-state index contributed by atoms with van der Waals surface area (Å²) in [6.07, 6.45) is 1.60. The number of hydrogen-bond donors (Lipinski definition) is 2. The maximum absolute atomic E-state index is 12.4. The molecule has 6 nitrogen and oxygen atoms in total. The van der Waals surface area contributed by atoms with Gasteiger partial charge >= 0.3 is 6.09 Å². The molecular weight excluding hydrogens is 308 g/mol. The van der Waals surface area contributed by atoms with Crippen molar-refractivity contribution >= 4 is 12.0 Å². The van der Waals surface area contributed by atoms with Crippen molar-refractivity contribution in [3.05, 3.63) is 29.8 Å². The first-order valence-electron chi connectivity index (χ1n) is 8.31. The van der Waals surface area contributed by atoms with Crippen LogP contribution in [0.4, 0.5) is 4.79 Å². The number of ether oxygens (including phenoxy) is 1. The van der Waals surface area contributed by atoms with Crippen molar-refractivity contribution in [2.45, 2.75) is 51.7 Å². The van der Waals surface area contributed by atoms with Crippen LogP contribution >= 0.6 is 0 Å². The summed E-state index contributed by atoms with van der Waals surface area (Å²) in [5.74, 6) is 0.234. The fourth-order valence-corrected chi connectivity index (χ4v) is 2.84. The van der Waals surface area contributed by atoms with E-state index in [1.54, 1.807) is 32.9 Å². The number of phenolic OH excluding ortho intramolecular Hbond substituents is 1. The molecule has 6 heteroatoms. The normalized spacial score (nSPS) is 17.6. The zero-order chi connectivity index (χ0) is 17.7. The largest absolute Gasteiger partial charge is 0.508 e. The number of nitrogens with one attached hydrogen (secondary N) is 1. The number of hydrogen-bond acceptors (Lipinski definition) is 4. The van der Waals surface area contributed by atoms with Crippen LogP contribution in [0, 0.1) is 0 Å². The first-order valence-corrected chi connectivity index (χ1v) is 8.31. The molecule has 0 saturated carbocycles. The van der Waals surface area contributed by atoms with E-state index in [-0.39, 0.29) is 30.7 Å². The molecule has 0 bridgehead atoms. The highest BCUT2D eigenvalue weighted by molar-refractivity contribution is 5.78. The molecule has 2 N–H and O–H groups in total. The van der Waals surface area contributed by atoms with Crippen LogP contribution in [0.25, 0.3) is 0 Å². The standard InChI is InChI=1S/C18H26N2O4/c1-18(2,3)24-17(23)19-11-10-16(22)20-12-4-5-15(20)13-6-8-14(21)9-7-13/h6-9,15,21H,4-5,10-12H2,1-3H3,(H,19,23)/t15-/m0/s1. The van der Waals surface area contributed by atoms with Gasteiger partial charge in [-0.1, -0.05) is 12.1 Å². The smallest absolute Gasteiger partial charge is 0.407 e. The number of nitrogens with zero attached hydrogens (tertiary/aromatic N) is 1. The van der Waals surface area contributed by atoms with Crippen LogP contribution in [0.1, 0.15) is 51.6 Å². The number of benzene rings is 1. The number of likely N-dealkylation sites (tertiary alicyclic amines) is 1. The maximum Gasteiger partial charge on any atom is 0.407 e. The Hall–Kier alpha value is -2.24. The predicted octanol–water partition coefficient (Wildman–Crippen LogP) is 2.97. The molecule has 1 aromatic carbocycles. The molecule has 1 aliphatic heterocycles. The minimum Gasteiger partial charge on any atom is -0.508 e. The minimum absolute atomic E-state index is 0.0154. The molecular formula is C18H26N2O4. The molecule has 132 valence electrons. The number of alkyl carbamates (subject to hydrolysis) is 1. The van der Waals surface area contributed by atoms with Crippen LogP contribution in [0.15, 0.2) is 24.3 Å². The number of amides is 2. The van der Waals surface area contributed by atoms with Crippen molar-refractivity contribution in [3.63, 3.8) is 0 Å². The lowest BCUT2D eigenvalue weighted by Gasteiger charge is -2.25. The van der Waals surface area contributed by atoms with E-state index in [1.807, 2.05) is 17.0 Å². The summed E-state index contributed by atoms with van der Waals surface area (Å²) in [7, 11) is 0. The van der Waals surface area contributed by atoms with E-state index in [1.165, 1.54) is 0 Å². The van der Waals surface area contributed by atoms with Gasteiger partial charge in [-0.05, 0) is 51.3 Å². The van der Waals surface area contributed by atoms with E-state index in [0.717, 1.165) is 24.9 Å². The van der Waals surface area contributed by atoms with Crippen molar-refractivity contribution in [2.75, 3.05) is 13.1 Å². The van der Waals surface area contributed by atoms with E-state index in [0.29, 0.717) is 0 Å². The average Bonchev–Trinajstić information content (AvgIpc) is 2.95. The Balaban J connectivity index is 1.85. The SMILES string of the molecule is CC(C)(C)OC(=O)NCCC(=O)N1CCC[C@H]1c1ccc(O)cc1. The van der Waals surface area contributed by atoms with Crippen molar-refractivity contribution in [1.29, 1.82) is 0 Å². The van der Waals surface area contributed by atoms with Crippen molar-refractivity contribution < 1.29 is 19.4 Å². The summed E-state index contributed by atoms with van der Waals surface area (Å²) in [6, 6.07) is 7.02. The number of carbonyl (C=O) groups is 2. The second kappa shape index (κ2) is 7.55. The van der Waals surface area contributed by atoms with Gasteiger partial charge in [-0.15, -0.1) is 0 Å². The van der Waals surface area contributed by atoms with Gasteiger partial charge in [0.25, 0.3) is 0 Å². The molecule has 1 aliphatic rings. The number of carbonyl (C=O) groups excluding carboxylic acids is 2. The summed E-state index contributed by atoms with van der Waals surface area (Å²) in [5, 5.41) is 12.0. The van der Waals surface area contributed by atoms with Crippen molar-refractivity contribution in [2.24, 2.45) is 0 Å². The molecule has 1 atom stereocenters. The van der Waals surface area contributed by atoms with Crippen LogP contribution < -0.4 is 5.32 Å². The molecule has 24 heavy (non-hydrogen) atoms. The summed E-state index contributed by atoms with van der Waals surface area (Å²) in [5.41, 5.74) is 0.478. The molecule has 1 fully saturated rings. The molecule has 0 aromatic heterocycles. The van der Waals surface area contributed by atoms with E-state index in [2.05, 4.69) is 5.32 Å². The van der Waals surface area contributed by atoms with Gasteiger partial charge in [0.15, 0.2) is 0 Å². The van der Waals surface area contributed by atoms with Gasteiger partial charge in [0.1, 0.15) is 11.4 Å². The monoisotopic (exact) mass is 334 g/mol. The van der Waals surface area contributed by atoms with Crippen LogP contribution in [0.2, 0.25) is 0 Å². The first-order chi connectivity index (χ1) is 11.3. The third-order valence-electron chi connectivity index (χ3n) is 3.86. The highest BCUT2D eigenvalue weighted by Gasteiger charge is 2.29. The lowest BCUT2D eigenvalue weighted by Crippen LogP contribution is -2.36. The third kappa shape index (κ3) is 5.15. The molecule has 1 heterocycles. The zero-order valence-corrected chi connectivity index (χ0v) is 14.5. The molecule has 0 aliphatic carbocycles. The van der Waals surface area contributed by atoms with Crippen LogP contribution in [-0.2, 0) is 9.53 Å². The van der Waals surface area contributed by atoms with Gasteiger partial charge in [0, 0.05) is 19.5 Å². The molecule has 1 aromatic rings. The van der Waals surface area contributed by atoms with Gasteiger partial charge in [0.2, 0.25) is 5.91 Å². The second-order valence-electron chi connectivity index (χ2n) is 7.02. The topological polar surface area (TPSA) is 78.9 Å². The second-order valence-corrected chi connectivity index (χ2v) is 7.02. The Kier molecular flexibility index (Phi) is 5.70. The van der Waals surface area contributed by atoms with Crippen LogP contribution in [-0.4, -0.2) is 40.7 Å². The van der Waals surface area contributed by atoms with Crippen LogP contribution in [0.3, 0.4) is 0 Å². The summed E-state index contributed by atoms with van der Waals surface area (Å²) in [6.45, 7) is 6.36.